The van der Waals surface area contributed by atoms with Gasteiger partial charge in [-0.15, -0.1) is 0 Å². The monoisotopic (exact) mass is 281 g/mol. The second-order valence-corrected chi connectivity index (χ2v) is 4.83. The molecule has 0 aliphatic carbocycles. The Morgan fingerprint density at radius 2 is 1.90 bits per heavy atom. The summed E-state index contributed by atoms with van der Waals surface area (Å²) < 4.78 is 15.7. The van der Waals surface area contributed by atoms with Crippen molar-refractivity contribution in [2.75, 3.05) is 40.6 Å². The smallest absolute Gasteiger partial charge is 0.122 e. The third-order valence-electron chi connectivity index (χ3n) is 3.11. The Morgan fingerprint density at radius 3 is 2.65 bits per heavy atom. The van der Waals surface area contributed by atoms with Gasteiger partial charge < -0.3 is 19.5 Å². The van der Waals surface area contributed by atoms with Gasteiger partial charge in [0.25, 0.3) is 0 Å². The fourth-order valence-electron chi connectivity index (χ4n) is 2.04. The van der Waals surface area contributed by atoms with Gasteiger partial charge in [0.1, 0.15) is 5.75 Å². The molecule has 114 valence electrons. The number of nitrogens with one attached hydrogen (secondary N) is 1. The van der Waals surface area contributed by atoms with Gasteiger partial charge in [-0.2, -0.15) is 0 Å². The number of rotatable bonds is 11. The van der Waals surface area contributed by atoms with E-state index in [9.17, 15) is 0 Å². The van der Waals surface area contributed by atoms with E-state index in [-0.39, 0.29) is 0 Å². The molecular formula is C16H27NO3. The van der Waals surface area contributed by atoms with Crippen molar-refractivity contribution in [2.45, 2.75) is 25.8 Å². The summed E-state index contributed by atoms with van der Waals surface area (Å²) in [5.74, 6) is 0.962. The molecule has 4 heteroatoms. The third-order valence-corrected chi connectivity index (χ3v) is 3.11. The van der Waals surface area contributed by atoms with Crippen LogP contribution in [-0.4, -0.2) is 46.6 Å². The van der Waals surface area contributed by atoms with Crippen LogP contribution in [0.2, 0.25) is 0 Å². The third kappa shape index (κ3) is 6.89. The summed E-state index contributed by atoms with van der Waals surface area (Å²) in [5.41, 5.74) is 1.24. The molecule has 0 saturated heterocycles. The average Bonchev–Trinajstić information content (AvgIpc) is 2.47. The molecule has 0 saturated carbocycles. The fourth-order valence-corrected chi connectivity index (χ4v) is 2.04. The fraction of sp³-hybridized carbons (Fsp3) is 0.625. The lowest BCUT2D eigenvalue weighted by Gasteiger charge is -2.15. The minimum absolute atomic E-state index is 0.422. The Kier molecular flexibility index (Phi) is 9.04. The maximum Gasteiger partial charge on any atom is 0.122 e. The van der Waals surface area contributed by atoms with Crippen LogP contribution in [0, 0.1) is 0 Å². The predicted molar refractivity (Wildman–Crippen MR) is 81.5 cm³/mol. The van der Waals surface area contributed by atoms with Gasteiger partial charge in [-0.05, 0) is 37.9 Å². The highest BCUT2D eigenvalue weighted by atomic mass is 16.5. The molecule has 1 N–H and O–H groups in total. The molecule has 0 spiro atoms. The summed E-state index contributed by atoms with van der Waals surface area (Å²) in [4.78, 5) is 0. The van der Waals surface area contributed by atoms with Crippen LogP contribution in [0.25, 0.3) is 0 Å². The molecule has 4 nitrogen and oxygen atoms in total. The van der Waals surface area contributed by atoms with E-state index in [4.69, 9.17) is 14.2 Å². The van der Waals surface area contributed by atoms with E-state index in [2.05, 4.69) is 18.3 Å². The molecule has 0 aromatic heterocycles. The van der Waals surface area contributed by atoms with Crippen LogP contribution in [0.4, 0.5) is 0 Å². The Labute approximate surface area is 122 Å². The number of hydrogen-bond acceptors (Lipinski definition) is 4. The first-order valence-corrected chi connectivity index (χ1v) is 7.20. The molecule has 0 aliphatic rings. The van der Waals surface area contributed by atoms with Gasteiger partial charge >= 0.3 is 0 Å². The summed E-state index contributed by atoms with van der Waals surface area (Å²) in [6.45, 7) is 5.27. The molecule has 0 fully saturated rings. The van der Waals surface area contributed by atoms with Crippen LogP contribution in [-0.2, 0) is 15.9 Å². The SMILES string of the molecule is COCCOCCCNC(C)Cc1ccccc1OC. The van der Waals surface area contributed by atoms with Gasteiger partial charge in [0.2, 0.25) is 0 Å². The summed E-state index contributed by atoms with van der Waals surface area (Å²) in [5, 5.41) is 3.51. The van der Waals surface area contributed by atoms with E-state index in [0.717, 1.165) is 31.7 Å². The summed E-state index contributed by atoms with van der Waals surface area (Å²) in [7, 11) is 3.40. The van der Waals surface area contributed by atoms with Gasteiger partial charge in [0.15, 0.2) is 0 Å². The van der Waals surface area contributed by atoms with E-state index in [0.29, 0.717) is 19.3 Å². The van der Waals surface area contributed by atoms with Crippen molar-refractivity contribution in [2.24, 2.45) is 0 Å². The Balaban J connectivity index is 2.15. The normalized spacial score (nSPS) is 12.3. The molecule has 1 atom stereocenters. The summed E-state index contributed by atoms with van der Waals surface area (Å²) >= 11 is 0. The van der Waals surface area contributed by atoms with Gasteiger partial charge in [-0.25, -0.2) is 0 Å². The second kappa shape index (κ2) is 10.7. The number of methoxy groups -OCH3 is 2. The number of ether oxygens (including phenoxy) is 3. The molecule has 1 rings (SSSR count). The van der Waals surface area contributed by atoms with Gasteiger partial charge in [0.05, 0.1) is 20.3 Å². The first-order chi connectivity index (χ1) is 9.77. The lowest BCUT2D eigenvalue weighted by atomic mass is 10.1. The molecule has 0 bridgehead atoms. The van der Waals surface area contributed by atoms with E-state index in [1.807, 2.05) is 18.2 Å². The van der Waals surface area contributed by atoms with E-state index < -0.39 is 0 Å². The first-order valence-electron chi connectivity index (χ1n) is 7.20. The lowest BCUT2D eigenvalue weighted by Crippen LogP contribution is -2.29. The minimum Gasteiger partial charge on any atom is -0.496 e. The average molecular weight is 281 g/mol. The van der Waals surface area contributed by atoms with Crippen molar-refractivity contribution in [1.82, 2.24) is 5.32 Å². The van der Waals surface area contributed by atoms with Gasteiger partial charge in [-0.3, -0.25) is 0 Å². The largest absolute Gasteiger partial charge is 0.496 e. The van der Waals surface area contributed by atoms with E-state index in [1.54, 1.807) is 14.2 Å². The molecule has 0 aliphatic heterocycles. The highest BCUT2D eigenvalue weighted by Crippen LogP contribution is 2.18. The number of hydrogen-bond donors (Lipinski definition) is 1. The summed E-state index contributed by atoms with van der Waals surface area (Å²) in [6, 6.07) is 8.59. The Bertz CT molecular complexity index is 357. The van der Waals surface area contributed by atoms with Crippen molar-refractivity contribution in [3.63, 3.8) is 0 Å². The maximum atomic E-state index is 5.43. The molecule has 0 radical (unpaired) electrons. The molecule has 1 unspecified atom stereocenters. The second-order valence-electron chi connectivity index (χ2n) is 4.83. The van der Waals surface area contributed by atoms with Crippen LogP contribution >= 0.6 is 0 Å². The topological polar surface area (TPSA) is 39.7 Å². The maximum absolute atomic E-state index is 5.43. The number of benzene rings is 1. The zero-order valence-corrected chi connectivity index (χ0v) is 12.9. The number of para-hydroxylation sites is 1. The zero-order valence-electron chi connectivity index (χ0n) is 12.9. The Morgan fingerprint density at radius 1 is 1.10 bits per heavy atom. The minimum atomic E-state index is 0.422. The van der Waals surface area contributed by atoms with Crippen molar-refractivity contribution >= 4 is 0 Å². The quantitative estimate of drug-likeness (QED) is 0.632. The molecule has 0 heterocycles. The highest BCUT2D eigenvalue weighted by molar-refractivity contribution is 5.33. The van der Waals surface area contributed by atoms with Crippen molar-refractivity contribution in [3.05, 3.63) is 29.8 Å². The van der Waals surface area contributed by atoms with Gasteiger partial charge in [0, 0.05) is 19.8 Å². The standard InChI is InChI=1S/C16H27NO3/c1-14(17-9-6-10-20-12-11-18-2)13-15-7-4-5-8-16(15)19-3/h4-5,7-8,14,17H,6,9-13H2,1-3H3. The molecule has 20 heavy (non-hydrogen) atoms. The molecule has 0 amide bonds. The van der Waals surface area contributed by atoms with Crippen LogP contribution in [0.15, 0.2) is 24.3 Å². The van der Waals surface area contributed by atoms with Crippen molar-refractivity contribution < 1.29 is 14.2 Å². The molecule has 1 aromatic rings. The van der Waals surface area contributed by atoms with Crippen LogP contribution in [0.3, 0.4) is 0 Å². The van der Waals surface area contributed by atoms with Crippen molar-refractivity contribution in [1.29, 1.82) is 0 Å². The zero-order chi connectivity index (χ0) is 14.6. The predicted octanol–water partition coefficient (Wildman–Crippen LogP) is 2.27. The van der Waals surface area contributed by atoms with Gasteiger partial charge in [-0.1, -0.05) is 18.2 Å². The van der Waals surface area contributed by atoms with E-state index >= 15 is 0 Å². The summed E-state index contributed by atoms with van der Waals surface area (Å²) in [6.07, 6.45) is 1.98. The Hall–Kier alpha value is -1.10. The van der Waals surface area contributed by atoms with E-state index in [1.165, 1.54) is 5.56 Å². The molecule has 1 aromatic carbocycles. The van der Waals surface area contributed by atoms with Crippen molar-refractivity contribution in [3.8, 4) is 5.75 Å². The lowest BCUT2D eigenvalue weighted by molar-refractivity contribution is 0.0693. The van der Waals surface area contributed by atoms with Crippen LogP contribution < -0.4 is 10.1 Å². The van der Waals surface area contributed by atoms with Crippen LogP contribution in [0.1, 0.15) is 18.9 Å². The highest BCUT2D eigenvalue weighted by Gasteiger charge is 2.06. The van der Waals surface area contributed by atoms with Crippen LogP contribution in [0.5, 0.6) is 5.75 Å². The first kappa shape index (κ1) is 17.0. The molecular weight excluding hydrogens is 254 g/mol.